The van der Waals surface area contributed by atoms with Gasteiger partial charge in [0.15, 0.2) is 0 Å². The molecular weight excluding hydrogens is 300 g/mol. The summed E-state index contributed by atoms with van der Waals surface area (Å²) in [6, 6.07) is 15.3. The average molecular weight is 322 g/mol. The van der Waals surface area contributed by atoms with E-state index in [4.69, 9.17) is 0 Å². The van der Waals surface area contributed by atoms with Gasteiger partial charge in [0.2, 0.25) is 5.91 Å². The third-order valence-corrected chi connectivity index (χ3v) is 4.67. The number of rotatable bonds is 4. The van der Waals surface area contributed by atoms with Crippen LogP contribution in [0.4, 0.5) is 5.69 Å². The predicted octanol–water partition coefficient (Wildman–Crippen LogP) is 2.91. The molecule has 0 saturated carbocycles. The van der Waals surface area contributed by atoms with Crippen molar-refractivity contribution in [2.45, 2.75) is 25.7 Å². The van der Waals surface area contributed by atoms with Gasteiger partial charge in [0, 0.05) is 24.8 Å². The molecule has 2 amide bonds. The lowest BCUT2D eigenvalue weighted by Gasteiger charge is -2.16. The minimum atomic E-state index is -0.493. The van der Waals surface area contributed by atoms with Gasteiger partial charge in [-0.05, 0) is 49.6 Å². The van der Waals surface area contributed by atoms with Crippen LogP contribution in [0.3, 0.4) is 0 Å². The minimum Gasteiger partial charge on any atom is -0.352 e. The molecule has 0 radical (unpaired) electrons. The number of nitrogens with one attached hydrogen (secondary N) is 1. The van der Waals surface area contributed by atoms with E-state index in [0.29, 0.717) is 12.1 Å². The summed E-state index contributed by atoms with van der Waals surface area (Å²) in [5.74, 6) is 0.0547. The lowest BCUT2D eigenvalue weighted by Crippen LogP contribution is -2.33. The first-order valence-electron chi connectivity index (χ1n) is 8.16. The number of fused-ring (bicyclic) bond motifs is 1. The molecular formula is C20H22N2O2. The first-order valence-corrected chi connectivity index (χ1v) is 8.16. The van der Waals surface area contributed by atoms with E-state index in [1.807, 2.05) is 51.2 Å². The molecule has 2 aromatic rings. The van der Waals surface area contributed by atoms with E-state index in [1.165, 1.54) is 0 Å². The van der Waals surface area contributed by atoms with Crippen molar-refractivity contribution in [3.8, 4) is 0 Å². The number of hydrogen-bond donors (Lipinski definition) is 1. The molecule has 4 nitrogen and oxygen atoms in total. The van der Waals surface area contributed by atoms with Crippen molar-refractivity contribution in [2.75, 3.05) is 18.5 Å². The Morgan fingerprint density at radius 3 is 2.54 bits per heavy atom. The van der Waals surface area contributed by atoms with E-state index in [1.54, 1.807) is 17.0 Å². The molecule has 1 N–H and O–H groups in total. The molecule has 1 aliphatic heterocycles. The van der Waals surface area contributed by atoms with Crippen LogP contribution in [0.1, 0.15) is 35.3 Å². The van der Waals surface area contributed by atoms with Crippen LogP contribution in [0.5, 0.6) is 0 Å². The Bertz CT molecular complexity index is 781. The quantitative estimate of drug-likeness (QED) is 0.941. The molecule has 0 spiro atoms. The van der Waals surface area contributed by atoms with E-state index in [-0.39, 0.29) is 11.8 Å². The number of anilines is 1. The summed E-state index contributed by atoms with van der Waals surface area (Å²) in [5, 5.41) is 2.94. The van der Waals surface area contributed by atoms with Gasteiger partial charge in [0.05, 0.1) is 5.41 Å². The number of nitrogens with zero attached hydrogens (tertiary/aromatic N) is 1. The van der Waals surface area contributed by atoms with E-state index in [0.717, 1.165) is 23.2 Å². The van der Waals surface area contributed by atoms with Crippen LogP contribution < -0.4 is 10.2 Å². The summed E-state index contributed by atoms with van der Waals surface area (Å²) >= 11 is 0. The lowest BCUT2D eigenvalue weighted by molar-refractivity contribution is -0.121. The highest BCUT2D eigenvalue weighted by molar-refractivity contribution is 6.07. The molecule has 3 rings (SSSR count). The van der Waals surface area contributed by atoms with Crippen molar-refractivity contribution in [1.82, 2.24) is 5.32 Å². The zero-order valence-electron chi connectivity index (χ0n) is 14.3. The summed E-state index contributed by atoms with van der Waals surface area (Å²) in [6.45, 7) is 4.48. The van der Waals surface area contributed by atoms with Crippen LogP contribution in [0.15, 0.2) is 48.5 Å². The summed E-state index contributed by atoms with van der Waals surface area (Å²) in [7, 11) is 1.82. The summed E-state index contributed by atoms with van der Waals surface area (Å²) in [6.07, 6.45) is 0.736. The summed E-state index contributed by atoms with van der Waals surface area (Å²) in [5.41, 5.74) is 3.33. The molecule has 0 bridgehead atoms. The lowest BCUT2D eigenvalue weighted by atomic mass is 9.85. The zero-order valence-corrected chi connectivity index (χ0v) is 14.3. The molecule has 0 aromatic heterocycles. The maximum Gasteiger partial charge on any atom is 0.251 e. The molecule has 0 aliphatic carbocycles. The van der Waals surface area contributed by atoms with Crippen LogP contribution in [0.2, 0.25) is 0 Å². The molecule has 1 heterocycles. The van der Waals surface area contributed by atoms with Gasteiger partial charge < -0.3 is 10.2 Å². The van der Waals surface area contributed by atoms with Gasteiger partial charge in [-0.15, -0.1) is 0 Å². The van der Waals surface area contributed by atoms with Gasteiger partial charge in [-0.3, -0.25) is 9.59 Å². The van der Waals surface area contributed by atoms with Gasteiger partial charge in [-0.1, -0.05) is 30.3 Å². The molecule has 1 aliphatic rings. The van der Waals surface area contributed by atoms with Crippen molar-refractivity contribution in [3.63, 3.8) is 0 Å². The Balaban J connectivity index is 1.67. The average Bonchev–Trinajstić information content (AvgIpc) is 2.76. The SMILES string of the molecule is CN1C(=O)C(C)(C)c2cc(CCNC(=O)c3ccccc3)ccc21. The number of benzene rings is 2. The van der Waals surface area contributed by atoms with Gasteiger partial charge >= 0.3 is 0 Å². The standard InChI is InChI=1S/C20H22N2O2/c1-20(2)16-13-14(9-10-17(16)22(3)19(20)24)11-12-21-18(23)15-7-5-4-6-8-15/h4-10,13H,11-12H2,1-3H3,(H,21,23). The maximum absolute atomic E-state index is 12.3. The van der Waals surface area contributed by atoms with Crippen molar-refractivity contribution < 1.29 is 9.59 Å². The van der Waals surface area contributed by atoms with Crippen molar-refractivity contribution in [3.05, 3.63) is 65.2 Å². The molecule has 4 heteroatoms. The predicted molar refractivity (Wildman–Crippen MR) is 95.4 cm³/mol. The van der Waals surface area contributed by atoms with Crippen LogP contribution in [0.25, 0.3) is 0 Å². The van der Waals surface area contributed by atoms with Gasteiger partial charge in [-0.2, -0.15) is 0 Å². The number of likely N-dealkylation sites (N-methyl/N-ethyl adjacent to an activating group) is 1. The Hall–Kier alpha value is -2.62. The fourth-order valence-electron chi connectivity index (χ4n) is 3.19. The normalized spacial score (nSPS) is 15.3. The van der Waals surface area contributed by atoms with Crippen molar-refractivity contribution in [1.29, 1.82) is 0 Å². The van der Waals surface area contributed by atoms with Crippen LogP contribution in [-0.4, -0.2) is 25.4 Å². The fraction of sp³-hybridized carbons (Fsp3) is 0.300. The first kappa shape index (κ1) is 16.2. The minimum absolute atomic E-state index is 0.0630. The fourth-order valence-corrected chi connectivity index (χ4v) is 3.19. The van der Waals surface area contributed by atoms with E-state index < -0.39 is 5.41 Å². The molecule has 0 saturated heterocycles. The summed E-state index contributed by atoms with van der Waals surface area (Å²) < 4.78 is 0. The first-order chi connectivity index (χ1) is 11.4. The van der Waals surface area contributed by atoms with E-state index >= 15 is 0 Å². The van der Waals surface area contributed by atoms with E-state index in [9.17, 15) is 9.59 Å². The van der Waals surface area contributed by atoms with Crippen LogP contribution in [0, 0.1) is 0 Å². The van der Waals surface area contributed by atoms with Gasteiger partial charge in [-0.25, -0.2) is 0 Å². The molecule has 0 atom stereocenters. The molecule has 2 aromatic carbocycles. The Morgan fingerprint density at radius 2 is 1.83 bits per heavy atom. The second-order valence-electron chi connectivity index (χ2n) is 6.71. The number of hydrogen-bond acceptors (Lipinski definition) is 2. The van der Waals surface area contributed by atoms with Crippen molar-refractivity contribution in [2.24, 2.45) is 0 Å². The Kier molecular flexibility index (Phi) is 4.14. The van der Waals surface area contributed by atoms with E-state index in [2.05, 4.69) is 11.4 Å². The van der Waals surface area contributed by atoms with Gasteiger partial charge in [0.25, 0.3) is 5.91 Å². The van der Waals surface area contributed by atoms with Crippen LogP contribution >= 0.6 is 0 Å². The molecule has 124 valence electrons. The molecule has 0 fully saturated rings. The largest absolute Gasteiger partial charge is 0.352 e. The Labute approximate surface area is 142 Å². The monoisotopic (exact) mass is 322 g/mol. The van der Waals surface area contributed by atoms with Crippen LogP contribution in [-0.2, 0) is 16.6 Å². The highest BCUT2D eigenvalue weighted by Crippen LogP contribution is 2.41. The highest BCUT2D eigenvalue weighted by Gasteiger charge is 2.42. The highest BCUT2D eigenvalue weighted by atomic mass is 16.2. The zero-order chi connectivity index (χ0) is 17.3. The summed E-state index contributed by atoms with van der Waals surface area (Å²) in [4.78, 5) is 26.1. The third kappa shape index (κ3) is 2.80. The second kappa shape index (κ2) is 6.11. The number of carbonyl (C=O) groups is 2. The second-order valence-corrected chi connectivity index (χ2v) is 6.71. The molecule has 24 heavy (non-hydrogen) atoms. The van der Waals surface area contributed by atoms with Crippen molar-refractivity contribution >= 4 is 17.5 Å². The topological polar surface area (TPSA) is 49.4 Å². The van der Waals surface area contributed by atoms with Gasteiger partial charge in [0.1, 0.15) is 0 Å². The molecule has 0 unspecified atom stereocenters. The Morgan fingerprint density at radius 1 is 1.12 bits per heavy atom. The smallest absolute Gasteiger partial charge is 0.251 e. The third-order valence-electron chi connectivity index (χ3n) is 4.67. The number of carbonyl (C=O) groups excluding carboxylic acids is 2. The number of amides is 2. The maximum atomic E-state index is 12.3.